The zero-order valence-corrected chi connectivity index (χ0v) is 14.2. The minimum absolute atomic E-state index is 0. The molecule has 1 heterocycles. The van der Waals surface area contributed by atoms with E-state index in [2.05, 4.69) is 30.4 Å². The fourth-order valence-corrected chi connectivity index (χ4v) is 3.72. The standard InChI is InChI=1S/C18H26N2O.ClH/c1-2-14-7-9-15(10-8-14)18(21)20-12-11-19-13-16-5-3-4-6-17(16)20;/h3-6,14-15,19H,2,7-13H2,1H3;1H. The van der Waals surface area contributed by atoms with Gasteiger partial charge in [0.1, 0.15) is 0 Å². The van der Waals surface area contributed by atoms with E-state index in [-0.39, 0.29) is 18.3 Å². The summed E-state index contributed by atoms with van der Waals surface area (Å²) in [6.07, 6.45) is 5.85. The summed E-state index contributed by atoms with van der Waals surface area (Å²) in [5.74, 6) is 1.42. The van der Waals surface area contributed by atoms with Crippen molar-refractivity contribution in [3.8, 4) is 0 Å². The fraction of sp³-hybridized carbons (Fsp3) is 0.611. The number of halogens is 1. The van der Waals surface area contributed by atoms with Crippen molar-refractivity contribution in [1.29, 1.82) is 0 Å². The van der Waals surface area contributed by atoms with Crippen molar-refractivity contribution in [3.05, 3.63) is 29.8 Å². The Labute approximate surface area is 139 Å². The van der Waals surface area contributed by atoms with Crippen molar-refractivity contribution in [2.75, 3.05) is 18.0 Å². The number of anilines is 1. The molecule has 1 saturated carbocycles. The molecule has 122 valence electrons. The van der Waals surface area contributed by atoms with Crippen LogP contribution in [0.25, 0.3) is 0 Å². The van der Waals surface area contributed by atoms with Gasteiger partial charge in [0.2, 0.25) is 5.91 Å². The molecule has 1 aliphatic heterocycles. The van der Waals surface area contributed by atoms with Gasteiger partial charge in [0, 0.05) is 31.2 Å². The average molecular weight is 323 g/mol. The van der Waals surface area contributed by atoms with E-state index < -0.39 is 0 Å². The Morgan fingerprint density at radius 2 is 1.95 bits per heavy atom. The topological polar surface area (TPSA) is 32.3 Å². The molecule has 1 aliphatic carbocycles. The molecule has 4 heteroatoms. The summed E-state index contributed by atoms with van der Waals surface area (Å²) < 4.78 is 0. The van der Waals surface area contributed by atoms with E-state index in [0.29, 0.717) is 5.91 Å². The van der Waals surface area contributed by atoms with Crippen molar-refractivity contribution in [3.63, 3.8) is 0 Å². The van der Waals surface area contributed by atoms with E-state index in [1.165, 1.54) is 24.8 Å². The molecule has 1 amide bonds. The highest BCUT2D eigenvalue weighted by molar-refractivity contribution is 5.96. The first-order valence-corrected chi connectivity index (χ1v) is 8.39. The molecular weight excluding hydrogens is 296 g/mol. The zero-order chi connectivity index (χ0) is 14.7. The van der Waals surface area contributed by atoms with Crippen LogP contribution in [0, 0.1) is 11.8 Å². The second-order valence-electron chi connectivity index (χ2n) is 6.42. The van der Waals surface area contributed by atoms with Crippen LogP contribution in [0.5, 0.6) is 0 Å². The predicted octanol–water partition coefficient (Wildman–Crippen LogP) is 3.76. The Kier molecular flexibility index (Phi) is 6.27. The third-order valence-corrected chi connectivity index (χ3v) is 5.15. The average Bonchev–Trinajstić information content (AvgIpc) is 2.77. The molecule has 0 atom stereocenters. The van der Waals surface area contributed by atoms with Crippen molar-refractivity contribution in [1.82, 2.24) is 5.32 Å². The van der Waals surface area contributed by atoms with E-state index in [4.69, 9.17) is 0 Å². The molecule has 0 unspecified atom stereocenters. The third kappa shape index (κ3) is 3.64. The molecule has 1 fully saturated rings. The maximum atomic E-state index is 13.0. The van der Waals surface area contributed by atoms with Gasteiger partial charge in [-0.05, 0) is 43.2 Å². The Morgan fingerprint density at radius 1 is 1.23 bits per heavy atom. The number of benzene rings is 1. The summed E-state index contributed by atoms with van der Waals surface area (Å²) in [5.41, 5.74) is 2.36. The predicted molar refractivity (Wildman–Crippen MR) is 93.5 cm³/mol. The van der Waals surface area contributed by atoms with Crippen LogP contribution in [0.2, 0.25) is 0 Å². The van der Waals surface area contributed by atoms with E-state index in [0.717, 1.165) is 44.1 Å². The lowest BCUT2D eigenvalue weighted by atomic mass is 9.80. The molecule has 0 radical (unpaired) electrons. The summed E-state index contributed by atoms with van der Waals surface area (Å²) in [7, 11) is 0. The number of rotatable bonds is 2. The molecule has 1 N–H and O–H groups in total. The first-order valence-electron chi connectivity index (χ1n) is 8.39. The number of carbonyl (C=O) groups is 1. The first-order chi connectivity index (χ1) is 10.3. The van der Waals surface area contributed by atoms with Gasteiger partial charge in [0.25, 0.3) is 0 Å². The second kappa shape index (κ2) is 7.98. The monoisotopic (exact) mass is 322 g/mol. The second-order valence-corrected chi connectivity index (χ2v) is 6.42. The fourth-order valence-electron chi connectivity index (χ4n) is 3.72. The van der Waals surface area contributed by atoms with Gasteiger partial charge in [-0.15, -0.1) is 12.4 Å². The molecule has 0 saturated heterocycles. The highest BCUT2D eigenvalue weighted by Crippen LogP contribution is 2.33. The van der Waals surface area contributed by atoms with Crippen molar-refractivity contribution < 1.29 is 4.79 Å². The van der Waals surface area contributed by atoms with Crippen LogP contribution in [0.4, 0.5) is 5.69 Å². The summed E-state index contributed by atoms with van der Waals surface area (Å²) in [5, 5.41) is 3.41. The summed E-state index contributed by atoms with van der Waals surface area (Å²) in [6, 6.07) is 8.32. The molecular formula is C18H27ClN2O. The van der Waals surface area contributed by atoms with E-state index in [1.807, 2.05) is 11.0 Å². The Bertz CT molecular complexity index is 498. The molecule has 1 aromatic carbocycles. The van der Waals surface area contributed by atoms with Crippen molar-refractivity contribution in [2.45, 2.75) is 45.6 Å². The maximum absolute atomic E-state index is 13.0. The normalized spacial score (nSPS) is 24.9. The van der Waals surface area contributed by atoms with Gasteiger partial charge in [-0.1, -0.05) is 31.5 Å². The summed E-state index contributed by atoms with van der Waals surface area (Å²) >= 11 is 0. The largest absolute Gasteiger partial charge is 0.311 e. The van der Waals surface area contributed by atoms with Gasteiger partial charge in [-0.25, -0.2) is 0 Å². The van der Waals surface area contributed by atoms with E-state index in [9.17, 15) is 4.79 Å². The van der Waals surface area contributed by atoms with E-state index in [1.54, 1.807) is 0 Å². The first kappa shape index (κ1) is 17.3. The SMILES string of the molecule is CCC1CCC(C(=O)N2CCNCc3ccccc32)CC1.Cl. The lowest BCUT2D eigenvalue weighted by Gasteiger charge is -2.32. The number of para-hydroxylation sites is 1. The molecule has 1 aromatic rings. The molecule has 3 rings (SSSR count). The van der Waals surface area contributed by atoms with E-state index >= 15 is 0 Å². The smallest absolute Gasteiger partial charge is 0.230 e. The number of nitrogens with zero attached hydrogens (tertiary/aromatic N) is 1. The third-order valence-electron chi connectivity index (χ3n) is 5.15. The number of fused-ring (bicyclic) bond motifs is 1. The molecule has 2 aliphatic rings. The number of amides is 1. The van der Waals surface area contributed by atoms with Gasteiger partial charge in [-0.2, -0.15) is 0 Å². The lowest BCUT2D eigenvalue weighted by Crippen LogP contribution is -2.40. The molecule has 0 spiro atoms. The van der Waals surface area contributed by atoms with Gasteiger partial charge in [0.05, 0.1) is 0 Å². The summed E-state index contributed by atoms with van der Waals surface area (Å²) in [4.78, 5) is 15.0. The number of hydrogen-bond acceptors (Lipinski definition) is 2. The Morgan fingerprint density at radius 3 is 2.68 bits per heavy atom. The molecule has 0 aromatic heterocycles. The van der Waals surface area contributed by atoms with Gasteiger partial charge >= 0.3 is 0 Å². The van der Waals surface area contributed by atoms with Gasteiger partial charge in [0.15, 0.2) is 0 Å². The Balaban J connectivity index is 0.00000176. The van der Waals surface area contributed by atoms with Crippen LogP contribution in [-0.2, 0) is 11.3 Å². The van der Waals surface area contributed by atoms with Crippen LogP contribution in [0.3, 0.4) is 0 Å². The van der Waals surface area contributed by atoms with Gasteiger partial charge < -0.3 is 10.2 Å². The van der Waals surface area contributed by atoms with Crippen LogP contribution >= 0.6 is 12.4 Å². The highest BCUT2D eigenvalue weighted by atomic mass is 35.5. The molecule has 3 nitrogen and oxygen atoms in total. The summed E-state index contributed by atoms with van der Waals surface area (Å²) in [6.45, 7) is 4.81. The quantitative estimate of drug-likeness (QED) is 0.899. The zero-order valence-electron chi connectivity index (χ0n) is 13.4. The van der Waals surface area contributed by atoms with Crippen LogP contribution in [-0.4, -0.2) is 19.0 Å². The number of hydrogen-bond donors (Lipinski definition) is 1. The van der Waals surface area contributed by atoms with Crippen molar-refractivity contribution in [2.24, 2.45) is 11.8 Å². The number of carbonyl (C=O) groups excluding carboxylic acids is 1. The highest BCUT2D eigenvalue weighted by Gasteiger charge is 2.30. The van der Waals surface area contributed by atoms with Crippen LogP contribution < -0.4 is 10.2 Å². The molecule has 22 heavy (non-hydrogen) atoms. The van der Waals surface area contributed by atoms with Gasteiger partial charge in [-0.3, -0.25) is 4.79 Å². The minimum atomic E-state index is 0. The minimum Gasteiger partial charge on any atom is -0.311 e. The molecule has 0 bridgehead atoms. The van der Waals surface area contributed by atoms with Crippen molar-refractivity contribution >= 4 is 24.0 Å². The number of nitrogens with one attached hydrogen (secondary N) is 1. The van der Waals surface area contributed by atoms with Crippen LogP contribution in [0.15, 0.2) is 24.3 Å². The van der Waals surface area contributed by atoms with Crippen LogP contribution in [0.1, 0.15) is 44.6 Å². The Hall–Kier alpha value is -1.06. The maximum Gasteiger partial charge on any atom is 0.230 e. The lowest BCUT2D eigenvalue weighted by molar-refractivity contribution is -0.123.